The Morgan fingerprint density at radius 2 is 1.93 bits per heavy atom. The van der Waals surface area contributed by atoms with Crippen LogP contribution in [0.25, 0.3) is 0 Å². The Labute approximate surface area is 78.5 Å². The summed E-state index contributed by atoms with van der Waals surface area (Å²) in [4.78, 5) is 10.5. The van der Waals surface area contributed by atoms with E-state index in [4.69, 9.17) is 5.73 Å². The van der Waals surface area contributed by atoms with Crippen LogP contribution >= 0.6 is 0 Å². The molecule has 0 atom stereocenters. The quantitative estimate of drug-likeness (QED) is 0.726. The average Bonchev–Trinajstić information content (AvgIpc) is 2.10. The zero-order valence-electron chi connectivity index (χ0n) is 7.40. The second kappa shape index (κ2) is 3.69. The normalized spacial score (nSPS) is 10.3. The van der Waals surface area contributed by atoms with E-state index >= 15 is 0 Å². The van der Waals surface area contributed by atoms with E-state index in [9.17, 15) is 18.0 Å². The summed E-state index contributed by atoms with van der Waals surface area (Å²) in [5.74, 6) is -4.15. The van der Waals surface area contributed by atoms with Crippen LogP contribution in [0.15, 0.2) is 6.07 Å². The summed E-state index contributed by atoms with van der Waals surface area (Å²) in [7, 11) is 0. The number of rotatable bonds is 2. The highest BCUT2D eigenvalue weighted by Gasteiger charge is 2.16. The molecule has 1 aromatic carbocycles. The summed E-state index contributed by atoms with van der Waals surface area (Å²) in [6, 6.07) is 0.641. The van der Waals surface area contributed by atoms with Crippen molar-refractivity contribution < 1.29 is 18.0 Å². The predicted molar refractivity (Wildman–Crippen MR) is 44.0 cm³/mol. The number of halogens is 3. The van der Waals surface area contributed by atoms with Gasteiger partial charge in [-0.3, -0.25) is 4.79 Å². The maximum atomic E-state index is 13.2. The second-order valence-electron chi connectivity index (χ2n) is 2.91. The van der Waals surface area contributed by atoms with Gasteiger partial charge in [-0.1, -0.05) is 0 Å². The lowest BCUT2D eigenvalue weighted by molar-refractivity contribution is -0.117. The first-order chi connectivity index (χ1) is 6.43. The molecule has 2 N–H and O–H groups in total. The summed E-state index contributed by atoms with van der Waals surface area (Å²) < 4.78 is 38.7. The highest BCUT2D eigenvalue weighted by molar-refractivity contribution is 5.76. The first kappa shape index (κ1) is 10.6. The van der Waals surface area contributed by atoms with Gasteiger partial charge in [0.25, 0.3) is 0 Å². The van der Waals surface area contributed by atoms with Crippen molar-refractivity contribution in [3.8, 4) is 0 Å². The fraction of sp³-hybridized carbons (Fsp3) is 0.222. The highest BCUT2D eigenvalue weighted by Crippen LogP contribution is 2.19. The maximum Gasteiger partial charge on any atom is 0.221 e. The van der Waals surface area contributed by atoms with Crippen LogP contribution in [-0.2, 0) is 11.2 Å². The number of nitrogens with two attached hydrogens (primary N) is 1. The Hall–Kier alpha value is -1.52. The van der Waals surface area contributed by atoms with Gasteiger partial charge < -0.3 is 5.73 Å². The molecule has 0 aliphatic carbocycles. The van der Waals surface area contributed by atoms with Crippen molar-refractivity contribution in [3.05, 3.63) is 34.6 Å². The number of benzene rings is 1. The molecule has 0 radical (unpaired) electrons. The van der Waals surface area contributed by atoms with Crippen molar-refractivity contribution in [1.82, 2.24) is 0 Å². The molecule has 1 amide bonds. The molecule has 0 fully saturated rings. The van der Waals surface area contributed by atoms with Crippen LogP contribution in [0.1, 0.15) is 11.1 Å². The van der Waals surface area contributed by atoms with E-state index in [0.717, 1.165) is 6.92 Å². The van der Waals surface area contributed by atoms with E-state index < -0.39 is 35.3 Å². The first-order valence-electron chi connectivity index (χ1n) is 3.84. The van der Waals surface area contributed by atoms with Gasteiger partial charge in [0, 0.05) is 11.1 Å². The van der Waals surface area contributed by atoms with Crippen LogP contribution in [0, 0.1) is 24.4 Å². The van der Waals surface area contributed by atoms with Crippen molar-refractivity contribution in [3.63, 3.8) is 0 Å². The lowest BCUT2D eigenvalue weighted by Crippen LogP contribution is -2.15. The van der Waals surface area contributed by atoms with Crippen molar-refractivity contribution in [2.24, 2.45) is 5.73 Å². The second-order valence-corrected chi connectivity index (χ2v) is 2.91. The largest absolute Gasteiger partial charge is 0.369 e. The van der Waals surface area contributed by atoms with Gasteiger partial charge in [0.2, 0.25) is 5.91 Å². The SMILES string of the molecule is Cc1c(F)c(F)cc(CC(N)=O)c1F. The molecule has 0 heterocycles. The molecule has 0 bridgehead atoms. The van der Waals surface area contributed by atoms with Crippen molar-refractivity contribution in [2.75, 3.05) is 0 Å². The van der Waals surface area contributed by atoms with E-state index in [1.54, 1.807) is 0 Å². The van der Waals surface area contributed by atoms with Gasteiger partial charge in [-0.15, -0.1) is 0 Å². The molecule has 0 aliphatic heterocycles. The number of hydrogen-bond donors (Lipinski definition) is 1. The van der Waals surface area contributed by atoms with Gasteiger partial charge in [-0.05, 0) is 13.0 Å². The molecule has 1 rings (SSSR count). The zero-order chi connectivity index (χ0) is 10.9. The number of amides is 1. The Bertz CT molecular complexity index is 390. The summed E-state index contributed by atoms with van der Waals surface area (Å²) >= 11 is 0. The Balaban J connectivity index is 3.25. The van der Waals surface area contributed by atoms with Gasteiger partial charge in [0.05, 0.1) is 6.42 Å². The number of hydrogen-bond acceptors (Lipinski definition) is 1. The molecule has 0 aliphatic rings. The third kappa shape index (κ3) is 1.86. The van der Waals surface area contributed by atoms with Gasteiger partial charge in [-0.2, -0.15) is 0 Å². The Morgan fingerprint density at radius 3 is 2.43 bits per heavy atom. The zero-order valence-corrected chi connectivity index (χ0v) is 7.40. The first-order valence-corrected chi connectivity index (χ1v) is 3.84. The smallest absolute Gasteiger partial charge is 0.221 e. The van der Waals surface area contributed by atoms with E-state index in [0.29, 0.717) is 6.07 Å². The van der Waals surface area contributed by atoms with Crippen LogP contribution in [0.5, 0.6) is 0 Å². The molecule has 0 saturated carbocycles. The standard InChI is InChI=1S/C9H8F3NO/c1-4-8(11)5(3-7(13)14)2-6(10)9(4)12/h2H,3H2,1H3,(H2,13,14). The van der Waals surface area contributed by atoms with Gasteiger partial charge in [-0.25, -0.2) is 13.2 Å². The minimum atomic E-state index is -1.24. The van der Waals surface area contributed by atoms with Crippen molar-refractivity contribution in [1.29, 1.82) is 0 Å². The summed E-state index contributed by atoms with van der Waals surface area (Å²) in [6.45, 7) is 1.10. The molecule has 0 saturated heterocycles. The van der Waals surface area contributed by atoms with Gasteiger partial charge >= 0.3 is 0 Å². The maximum absolute atomic E-state index is 13.2. The molecular formula is C9H8F3NO. The molecule has 1 aromatic rings. The number of carbonyl (C=O) groups excluding carboxylic acids is 1. The van der Waals surface area contributed by atoms with Crippen LogP contribution in [0.2, 0.25) is 0 Å². The summed E-state index contributed by atoms with van der Waals surface area (Å²) in [5.41, 5.74) is 4.14. The molecule has 0 spiro atoms. The molecule has 0 aromatic heterocycles. The van der Waals surface area contributed by atoms with Crippen LogP contribution in [0.3, 0.4) is 0 Å². The number of carbonyl (C=O) groups is 1. The minimum Gasteiger partial charge on any atom is -0.369 e. The molecule has 76 valence electrons. The monoisotopic (exact) mass is 203 g/mol. The summed E-state index contributed by atoms with van der Waals surface area (Å²) in [6.07, 6.45) is -0.441. The van der Waals surface area contributed by atoms with E-state index in [-0.39, 0.29) is 5.56 Å². The topological polar surface area (TPSA) is 43.1 Å². The average molecular weight is 203 g/mol. The summed E-state index contributed by atoms with van der Waals surface area (Å²) in [5, 5.41) is 0. The molecule has 2 nitrogen and oxygen atoms in total. The lowest BCUT2D eigenvalue weighted by Gasteiger charge is -2.05. The van der Waals surface area contributed by atoms with Crippen LogP contribution in [0.4, 0.5) is 13.2 Å². The van der Waals surface area contributed by atoms with E-state index in [1.807, 2.05) is 0 Å². The fourth-order valence-corrected chi connectivity index (χ4v) is 1.11. The molecular weight excluding hydrogens is 195 g/mol. The third-order valence-electron chi connectivity index (χ3n) is 1.82. The molecule has 5 heteroatoms. The third-order valence-corrected chi connectivity index (χ3v) is 1.82. The highest BCUT2D eigenvalue weighted by atomic mass is 19.2. The van der Waals surface area contributed by atoms with Crippen molar-refractivity contribution in [2.45, 2.75) is 13.3 Å². The van der Waals surface area contributed by atoms with E-state index in [2.05, 4.69) is 0 Å². The van der Waals surface area contributed by atoms with Crippen molar-refractivity contribution >= 4 is 5.91 Å². The number of primary amides is 1. The Morgan fingerprint density at radius 1 is 1.36 bits per heavy atom. The fourth-order valence-electron chi connectivity index (χ4n) is 1.11. The lowest BCUT2D eigenvalue weighted by atomic mass is 10.1. The molecule has 0 unspecified atom stereocenters. The van der Waals surface area contributed by atoms with Gasteiger partial charge in [0.15, 0.2) is 11.6 Å². The predicted octanol–water partition coefficient (Wildman–Crippen LogP) is 1.44. The Kier molecular flexibility index (Phi) is 2.78. The van der Waals surface area contributed by atoms with Crippen LogP contribution in [-0.4, -0.2) is 5.91 Å². The van der Waals surface area contributed by atoms with Crippen LogP contribution < -0.4 is 5.73 Å². The van der Waals surface area contributed by atoms with Gasteiger partial charge in [0.1, 0.15) is 5.82 Å². The molecule has 14 heavy (non-hydrogen) atoms. The minimum absolute atomic E-state index is 0.228. The van der Waals surface area contributed by atoms with E-state index in [1.165, 1.54) is 0 Å².